The lowest BCUT2D eigenvalue weighted by Gasteiger charge is -2.33. The normalized spacial score (nSPS) is 16.2. The summed E-state index contributed by atoms with van der Waals surface area (Å²) in [6.45, 7) is 0.532. The predicted molar refractivity (Wildman–Crippen MR) is 124 cm³/mol. The van der Waals surface area contributed by atoms with Crippen LogP contribution in [-0.2, 0) is 11.2 Å². The van der Waals surface area contributed by atoms with Gasteiger partial charge in [0.15, 0.2) is 6.61 Å². The molecule has 8 heteroatoms. The van der Waals surface area contributed by atoms with E-state index >= 15 is 0 Å². The molecule has 7 nitrogen and oxygen atoms in total. The summed E-state index contributed by atoms with van der Waals surface area (Å²) in [4.78, 5) is 27.8. The molecule has 0 bridgehead atoms. The van der Waals surface area contributed by atoms with Crippen molar-refractivity contribution in [1.82, 2.24) is 19.9 Å². The van der Waals surface area contributed by atoms with Crippen LogP contribution in [0.3, 0.4) is 0 Å². The average Bonchev–Trinajstić information content (AvgIpc) is 3.32. The third kappa shape index (κ3) is 4.68. The molecule has 1 aliphatic rings. The van der Waals surface area contributed by atoms with E-state index in [0.29, 0.717) is 29.8 Å². The van der Waals surface area contributed by atoms with Gasteiger partial charge in [-0.25, -0.2) is 15.0 Å². The van der Waals surface area contributed by atoms with Crippen molar-refractivity contribution in [3.63, 3.8) is 0 Å². The first-order valence-corrected chi connectivity index (χ1v) is 11.4. The van der Waals surface area contributed by atoms with Gasteiger partial charge in [0.25, 0.3) is 5.91 Å². The molecule has 2 aromatic carbocycles. The number of para-hydroxylation sites is 1. The molecule has 1 atom stereocenters. The van der Waals surface area contributed by atoms with E-state index in [0.717, 1.165) is 41.5 Å². The molecule has 0 saturated carbocycles. The molecule has 0 N–H and O–H groups in total. The Bertz CT molecular complexity index is 1270. The van der Waals surface area contributed by atoms with Crippen LogP contribution < -0.4 is 4.74 Å². The Morgan fingerprint density at radius 2 is 1.94 bits per heavy atom. The first kappa shape index (κ1) is 21.4. The molecular weight excluding hydrogens is 440 g/mol. The van der Waals surface area contributed by atoms with E-state index < -0.39 is 0 Å². The van der Waals surface area contributed by atoms with Crippen LogP contribution in [0.4, 0.5) is 0 Å². The standard InChI is InChI=1S/C25H23ClN4O3/c26-20-9-3-1-7-17(20)13-18-14-27-25(33-18)22-11-5-6-12-30(22)23(31)15-32-24-19-8-2-4-10-21(19)28-16-29-24/h1-4,7-10,14,16,22H,5-6,11-13,15H2. The zero-order chi connectivity index (χ0) is 22.6. The van der Waals surface area contributed by atoms with E-state index in [4.69, 9.17) is 20.8 Å². The monoisotopic (exact) mass is 462 g/mol. The van der Waals surface area contributed by atoms with E-state index in [9.17, 15) is 4.79 Å². The molecule has 2 aromatic heterocycles. The molecule has 0 spiro atoms. The maximum Gasteiger partial charge on any atom is 0.261 e. The van der Waals surface area contributed by atoms with Crippen LogP contribution in [0.2, 0.25) is 5.02 Å². The zero-order valence-corrected chi connectivity index (χ0v) is 18.7. The van der Waals surface area contributed by atoms with Gasteiger partial charge in [-0.3, -0.25) is 4.79 Å². The Morgan fingerprint density at radius 3 is 2.85 bits per heavy atom. The van der Waals surface area contributed by atoms with E-state index in [2.05, 4.69) is 15.0 Å². The quantitative estimate of drug-likeness (QED) is 0.401. The number of oxazole rings is 1. The van der Waals surface area contributed by atoms with Crippen LogP contribution in [0.25, 0.3) is 10.9 Å². The highest BCUT2D eigenvalue weighted by Crippen LogP contribution is 2.32. The van der Waals surface area contributed by atoms with Gasteiger partial charge in [0.2, 0.25) is 11.8 Å². The SMILES string of the molecule is O=C(COc1ncnc2ccccc12)N1CCCCC1c1ncc(Cc2ccccc2Cl)o1. The minimum absolute atomic E-state index is 0.106. The number of rotatable bonds is 6. The Labute approximate surface area is 196 Å². The number of hydrogen-bond acceptors (Lipinski definition) is 6. The molecule has 33 heavy (non-hydrogen) atoms. The molecule has 1 fully saturated rings. The van der Waals surface area contributed by atoms with Crippen molar-refractivity contribution in [3.05, 3.63) is 83.3 Å². The molecule has 4 aromatic rings. The second-order valence-electron chi connectivity index (χ2n) is 8.02. The molecule has 1 aliphatic heterocycles. The number of amides is 1. The van der Waals surface area contributed by atoms with Gasteiger partial charge in [-0.2, -0.15) is 0 Å². The number of piperidine rings is 1. The van der Waals surface area contributed by atoms with Crippen LogP contribution in [0.15, 0.2) is 65.5 Å². The second kappa shape index (κ2) is 9.58. The van der Waals surface area contributed by atoms with Crippen LogP contribution in [0.5, 0.6) is 5.88 Å². The van der Waals surface area contributed by atoms with E-state index in [1.807, 2.05) is 48.5 Å². The summed E-state index contributed by atoms with van der Waals surface area (Å²) < 4.78 is 11.9. The van der Waals surface area contributed by atoms with Crippen LogP contribution in [-0.4, -0.2) is 38.9 Å². The van der Waals surface area contributed by atoms with Crippen LogP contribution in [0, 0.1) is 0 Å². The molecule has 3 heterocycles. The van der Waals surface area contributed by atoms with Gasteiger partial charge in [-0.05, 0) is 43.0 Å². The fourth-order valence-electron chi connectivity index (χ4n) is 4.18. The van der Waals surface area contributed by atoms with Gasteiger partial charge < -0.3 is 14.1 Å². The lowest BCUT2D eigenvalue weighted by molar-refractivity contribution is -0.137. The summed E-state index contributed by atoms with van der Waals surface area (Å²) in [5.41, 5.74) is 1.75. The molecule has 0 aliphatic carbocycles. The Morgan fingerprint density at radius 1 is 1.09 bits per heavy atom. The van der Waals surface area contributed by atoms with Crippen molar-refractivity contribution in [2.75, 3.05) is 13.2 Å². The van der Waals surface area contributed by atoms with Gasteiger partial charge in [-0.15, -0.1) is 0 Å². The largest absolute Gasteiger partial charge is 0.467 e. The number of carbonyl (C=O) groups is 1. The van der Waals surface area contributed by atoms with Crippen molar-refractivity contribution in [2.45, 2.75) is 31.7 Å². The summed E-state index contributed by atoms with van der Waals surface area (Å²) >= 11 is 6.28. The number of carbonyl (C=O) groups excluding carboxylic acids is 1. The van der Waals surface area contributed by atoms with Crippen molar-refractivity contribution in [1.29, 1.82) is 0 Å². The van der Waals surface area contributed by atoms with E-state index in [-0.39, 0.29) is 18.6 Å². The first-order chi connectivity index (χ1) is 16.2. The van der Waals surface area contributed by atoms with Crippen molar-refractivity contribution < 1.29 is 13.9 Å². The van der Waals surface area contributed by atoms with Gasteiger partial charge in [0, 0.05) is 18.0 Å². The van der Waals surface area contributed by atoms with Crippen LogP contribution in [0.1, 0.15) is 42.5 Å². The maximum absolute atomic E-state index is 13.1. The summed E-state index contributed by atoms with van der Waals surface area (Å²) in [5.74, 6) is 1.56. The highest BCUT2D eigenvalue weighted by Gasteiger charge is 2.31. The van der Waals surface area contributed by atoms with Crippen molar-refractivity contribution in [3.8, 4) is 5.88 Å². The molecule has 168 valence electrons. The predicted octanol–water partition coefficient (Wildman–Crippen LogP) is 4.99. The lowest BCUT2D eigenvalue weighted by Crippen LogP contribution is -2.41. The number of fused-ring (bicyclic) bond motifs is 1. The summed E-state index contributed by atoms with van der Waals surface area (Å²) in [6, 6.07) is 15.0. The number of aromatic nitrogens is 3. The van der Waals surface area contributed by atoms with Crippen molar-refractivity contribution in [2.24, 2.45) is 0 Å². The minimum atomic E-state index is -0.211. The highest BCUT2D eigenvalue weighted by molar-refractivity contribution is 6.31. The zero-order valence-electron chi connectivity index (χ0n) is 18.0. The summed E-state index contributed by atoms with van der Waals surface area (Å²) in [7, 11) is 0. The van der Waals surface area contributed by atoms with E-state index in [1.54, 1.807) is 11.1 Å². The average molecular weight is 463 g/mol. The Hall–Kier alpha value is -3.45. The number of halogens is 1. The van der Waals surface area contributed by atoms with Crippen molar-refractivity contribution >= 4 is 28.4 Å². The Balaban J connectivity index is 1.29. The number of hydrogen-bond donors (Lipinski definition) is 0. The topological polar surface area (TPSA) is 81.4 Å². The van der Waals surface area contributed by atoms with E-state index in [1.165, 1.54) is 6.33 Å². The molecule has 1 unspecified atom stereocenters. The van der Waals surface area contributed by atoms with Crippen LogP contribution >= 0.6 is 11.6 Å². The van der Waals surface area contributed by atoms with Gasteiger partial charge in [-0.1, -0.05) is 41.9 Å². The maximum atomic E-state index is 13.1. The number of benzene rings is 2. The fraction of sp³-hybridized carbons (Fsp3) is 0.280. The number of ether oxygens (including phenoxy) is 1. The smallest absolute Gasteiger partial charge is 0.261 e. The number of likely N-dealkylation sites (tertiary alicyclic amines) is 1. The minimum Gasteiger partial charge on any atom is -0.467 e. The van der Waals surface area contributed by atoms with Gasteiger partial charge >= 0.3 is 0 Å². The summed E-state index contributed by atoms with van der Waals surface area (Å²) in [5, 5.41) is 1.47. The molecule has 1 saturated heterocycles. The summed E-state index contributed by atoms with van der Waals surface area (Å²) in [6.07, 6.45) is 6.46. The molecule has 0 radical (unpaired) electrons. The second-order valence-corrected chi connectivity index (χ2v) is 8.42. The third-order valence-electron chi connectivity index (χ3n) is 5.84. The van der Waals surface area contributed by atoms with Gasteiger partial charge in [0.1, 0.15) is 18.1 Å². The van der Waals surface area contributed by atoms with Gasteiger partial charge in [0.05, 0.1) is 17.1 Å². The highest BCUT2D eigenvalue weighted by atomic mass is 35.5. The first-order valence-electron chi connectivity index (χ1n) is 11.0. The molecular formula is C25H23ClN4O3. The third-order valence-corrected chi connectivity index (χ3v) is 6.21. The Kier molecular flexibility index (Phi) is 6.21. The fourth-order valence-corrected chi connectivity index (χ4v) is 4.39. The number of nitrogens with zero attached hydrogens (tertiary/aromatic N) is 4. The lowest BCUT2D eigenvalue weighted by atomic mass is 10.0. The molecule has 5 rings (SSSR count). The molecule has 1 amide bonds.